The fourth-order valence-corrected chi connectivity index (χ4v) is 3.69. The van der Waals surface area contributed by atoms with Gasteiger partial charge >= 0.3 is 0 Å². The van der Waals surface area contributed by atoms with Crippen molar-refractivity contribution in [3.05, 3.63) is 0 Å². The molecular weight excluding hydrogens is 246 g/mol. The van der Waals surface area contributed by atoms with Crippen molar-refractivity contribution >= 4 is 0 Å². The highest BCUT2D eigenvalue weighted by Gasteiger charge is 2.39. The van der Waals surface area contributed by atoms with E-state index in [1.54, 1.807) is 0 Å². The molecule has 0 aromatic carbocycles. The van der Waals surface area contributed by atoms with Gasteiger partial charge in [-0.2, -0.15) is 0 Å². The molecule has 4 saturated heterocycles. The summed E-state index contributed by atoms with van der Waals surface area (Å²) in [6, 6.07) is 0.991. The molecule has 0 spiro atoms. The van der Waals surface area contributed by atoms with Gasteiger partial charge in [-0.25, -0.2) is 0 Å². The highest BCUT2D eigenvalue weighted by molar-refractivity contribution is 4.94. The minimum atomic E-state index is 0.991. The second kappa shape index (κ2) is 8.35. The Kier molecular flexibility index (Phi) is 6.79. The van der Waals surface area contributed by atoms with Crippen molar-refractivity contribution in [2.75, 3.05) is 53.9 Å². The molecule has 0 N–H and O–H groups in total. The molecule has 1 aliphatic carbocycles. The van der Waals surface area contributed by atoms with E-state index in [1.807, 2.05) is 0 Å². The summed E-state index contributed by atoms with van der Waals surface area (Å²) >= 11 is 0. The van der Waals surface area contributed by atoms with Crippen LogP contribution in [0.2, 0.25) is 0 Å². The van der Waals surface area contributed by atoms with E-state index in [0.29, 0.717) is 0 Å². The van der Waals surface area contributed by atoms with Gasteiger partial charge in [0, 0.05) is 12.6 Å². The molecule has 2 bridgehead atoms. The monoisotopic (exact) mass is 281 g/mol. The molecule has 0 aromatic rings. The van der Waals surface area contributed by atoms with Gasteiger partial charge in [0.05, 0.1) is 0 Å². The van der Waals surface area contributed by atoms with Gasteiger partial charge in [-0.3, -0.25) is 0 Å². The van der Waals surface area contributed by atoms with Crippen molar-refractivity contribution in [3.63, 3.8) is 0 Å². The predicted octanol–water partition coefficient (Wildman–Crippen LogP) is 2.52. The fourth-order valence-electron chi connectivity index (χ4n) is 3.69. The van der Waals surface area contributed by atoms with Crippen molar-refractivity contribution in [1.82, 2.24) is 14.7 Å². The standard InChI is InChI=1S/C6H11N.C6H13N.C5H11N/c1-7-4-5-2-6(7)3-5;1-7-5-3-2-4-6-7;1-6-4-2-3-5-6/h5-6H,2-4H2,1H3;2-6H2,1H3;2-5H2,1H3. The van der Waals surface area contributed by atoms with Gasteiger partial charge in [-0.1, -0.05) is 6.42 Å². The van der Waals surface area contributed by atoms with Crippen LogP contribution in [0.1, 0.15) is 44.9 Å². The Balaban J connectivity index is 0.000000111. The van der Waals surface area contributed by atoms with Gasteiger partial charge < -0.3 is 14.7 Å². The Labute approximate surface area is 126 Å². The molecule has 5 aliphatic rings. The molecule has 20 heavy (non-hydrogen) atoms. The van der Waals surface area contributed by atoms with Crippen LogP contribution in [-0.2, 0) is 0 Å². The summed E-state index contributed by atoms with van der Waals surface area (Å²) < 4.78 is 0. The molecule has 118 valence electrons. The van der Waals surface area contributed by atoms with Gasteiger partial charge in [0.15, 0.2) is 0 Å². The van der Waals surface area contributed by atoms with Crippen LogP contribution in [0.5, 0.6) is 0 Å². The van der Waals surface area contributed by atoms with E-state index in [2.05, 4.69) is 35.8 Å². The van der Waals surface area contributed by atoms with Crippen molar-refractivity contribution in [1.29, 1.82) is 0 Å². The molecule has 0 radical (unpaired) electrons. The number of nitrogens with zero attached hydrogens (tertiary/aromatic N) is 3. The summed E-state index contributed by atoms with van der Waals surface area (Å²) in [5.74, 6) is 1.09. The molecule has 5 fully saturated rings. The molecule has 1 saturated carbocycles. The first-order chi connectivity index (χ1) is 9.65. The summed E-state index contributed by atoms with van der Waals surface area (Å²) in [7, 11) is 6.60. The van der Waals surface area contributed by atoms with Crippen molar-refractivity contribution in [2.24, 2.45) is 5.92 Å². The van der Waals surface area contributed by atoms with E-state index in [-0.39, 0.29) is 0 Å². The van der Waals surface area contributed by atoms with E-state index in [0.717, 1.165) is 12.0 Å². The largest absolute Gasteiger partial charge is 0.306 e. The minimum absolute atomic E-state index is 0.991. The van der Waals surface area contributed by atoms with E-state index in [9.17, 15) is 0 Å². The quantitative estimate of drug-likeness (QED) is 0.675. The molecule has 0 aromatic heterocycles. The maximum atomic E-state index is 2.48. The lowest BCUT2D eigenvalue weighted by atomic mass is 9.86. The summed E-state index contributed by atoms with van der Waals surface area (Å²) in [5.41, 5.74) is 0. The lowest BCUT2D eigenvalue weighted by Crippen LogP contribution is -2.25. The highest BCUT2D eigenvalue weighted by Crippen LogP contribution is 2.38. The average Bonchev–Trinajstić information content (AvgIpc) is 3.07. The number of hydrogen-bond acceptors (Lipinski definition) is 3. The summed E-state index contributed by atoms with van der Waals surface area (Å²) in [5, 5.41) is 0. The topological polar surface area (TPSA) is 9.72 Å². The second-order valence-electron chi connectivity index (χ2n) is 7.31. The van der Waals surface area contributed by atoms with Gasteiger partial charge in [0.1, 0.15) is 0 Å². The van der Waals surface area contributed by atoms with Crippen LogP contribution in [0.4, 0.5) is 0 Å². The van der Waals surface area contributed by atoms with Crippen LogP contribution in [0.25, 0.3) is 0 Å². The van der Waals surface area contributed by atoms with E-state index in [4.69, 9.17) is 0 Å². The maximum absolute atomic E-state index is 2.48. The SMILES string of the molecule is CN1CC2CC1C2.CN1CCCC1.CN1CCCCC1. The Morgan fingerprint density at radius 3 is 1.25 bits per heavy atom. The number of piperidine rings is 1. The van der Waals surface area contributed by atoms with Crippen LogP contribution in [0.15, 0.2) is 0 Å². The first-order valence-electron chi connectivity index (χ1n) is 8.72. The highest BCUT2D eigenvalue weighted by atomic mass is 15.2. The summed E-state index contributed by atoms with van der Waals surface area (Å²) in [6.45, 7) is 6.66. The Morgan fingerprint density at radius 1 is 0.650 bits per heavy atom. The third kappa shape index (κ3) is 5.34. The van der Waals surface area contributed by atoms with E-state index in [1.165, 1.54) is 77.7 Å². The summed E-state index contributed by atoms with van der Waals surface area (Å²) in [4.78, 5) is 7.23. The average molecular weight is 281 g/mol. The van der Waals surface area contributed by atoms with E-state index >= 15 is 0 Å². The van der Waals surface area contributed by atoms with E-state index < -0.39 is 0 Å². The number of rotatable bonds is 0. The fraction of sp³-hybridized carbons (Fsp3) is 1.00. The number of hydrogen-bond donors (Lipinski definition) is 0. The first kappa shape index (κ1) is 16.3. The number of likely N-dealkylation sites (tertiary alicyclic amines) is 2. The zero-order chi connectivity index (χ0) is 14.4. The zero-order valence-corrected chi connectivity index (χ0v) is 14.0. The summed E-state index contributed by atoms with van der Waals surface area (Å²) in [6.07, 6.45) is 10.1. The molecule has 3 nitrogen and oxygen atoms in total. The first-order valence-corrected chi connectivity index (χ1v) is 8.72. The minimum Gasteiger partial charge on any atom is -0.306 e. The van der Waals surface area contributed by atoms with Gasteiger partial charge in [-0.05, 0) is 91.8 Å². The van der Waals surface area contributed by atoms with Gasteiger partial charge in [0.25, 0.3) is 0 Å². The predicted molar refractivity (Wildman–Crippen MR) is 87.2 cm³/mol. The third-order valence-corrected chi connectivity index (χ3v) is 5.29. The molecule has 0 atom stereocenters. The van der Waals surface area contributed by atoms with Crippen molar-refractivity contribution in [3.8, 4) is 0 Å². The van der Waals surface area contributed by atoms with Crippen molar-refractivity contribution < 1.29 is 0 Å². The molecule has 0 amide bonds. The molecular formula is C17H35N3. The van der Waals surface area contributed by atoms with Crippen LogP contribution in [0, 0.1) is 5.92 Å². The molecule has 0 unspecified atom stereocenters. The normalized spacial score (nSPS) is 33.8. The Morgan fingerprint density at radius 2 is 1.10 bits per heavy atom. The second-order valence-corrected chi connectivity index (χ2v) is 7.31. The van der Waals surface area contributed by atoms with Crippen LogP contribution in [-0.4, -0.2) is 74.6 Å². The maximum Gasteiger partial charge on any atom is 0.00985 e. The third-order valence-electron chi connectivity index (χ3n) is 5.29. The van der Waals surface area contributed by atoms with Crippen LogP contribution < -0.4 is 0 Å². The smallest absolute Gasteiger partial charge is 0.00985 e. The lowest BCUT2D eigenvalue weighted by molar-refractivity contribution is 0.277. The van der Waals surface area contributed by atoms with Gasteiger partial charge in [-0.15, -0.1) is 0 Å². The van der Waals surface area contributed by atoms with Crippen LogP contribution >= 0.6 is 0 Å². The lowest BCUT2D eigenvalue weighted by Gasteiger charge is -2.23. The molecule has 3 heteroatoms. The molecule has 4 heterocycles. The van der Waals surface area contributed by atoms with Crippen LogP contribution in [0.3, 0.4) is 0 Å². The Hall–Kier alpha value is -0.120. The number of fused-ring (bicyclic) bond motifs is 1. The van der Waals surface area contributed by atoms with Crippen molar-refractivity contribution in [2.45, 2.75) is 51.0 Å². The van der Waals surface area contributed by atoms with Gasteiger partial charge in [0.2, 0.25) is 0 Å². The zero-order valence-electron chi connectivity index (χ0n) is 14.0. The molecule has 5 rings (SSSR count). The Bertz CT molecular complexity index is 249. The molecule has 4 aliphatic heterocycles.